The van der Waals surface area contributed by atoms with Crippen molar-refractivity contribution in [1.82, 2.24) is 0 Å². The molecule has 13 heavy (non-hydrogen) atoms. The largest absolute Gasteiger partial charge is 0.197 e. The number of nitrogens with zero attached hydrogens (tertiary/aromatic N) is 1. The van der Waals surface area contributed by atoms with Crippen LogP contribution in [0.25, 0.3) is 0 Å². The van der Waals surface area contributed by atoms with Crippen LogP contribution in [0.5, 0.6) is 0 Å². The maximum Gasteiger partial charge on any atom is 0.0823 e. The zero-order valence-corrected chi connectivity index (χ0v) is 8.09. The van der Waals surface area contributed by atoms with Gasteiger partial charge in [-0.15, -0.1) is 0 Å². The Morgan fingerprint density at radius 3 is 2.38 bits per heavy atom. The molecule has 0 aliphatic heterocycles. The van der Waals surface area contributed by atoms with Crippen LogP contribution in [0.2, 0.25) is 0 Å². The van der Waals surface area contributed by atoms with Crippen molar-refractivity contribution in [2.45, 2.75) is 32.1 Å². The van der Waals surface area contributed by atoms with Crippen molar-refractivity contribution in [2.75, 3.05) is 0 Å². The molecular formula is C12H13N. The van der Waals surface area contributed by atoms with E-state index in [0.29, 0.717) is 0 Å². The lowest BCUT2D eigenvalue weighted by atomic mass is 9.94. The fraction of sp³-hybridized carbons (Fsp3) is 0.417. The third-order valence-electron chi connectivity index (χ3n) is 3.02. The topological polar surface area (TPSA) is 23.8 Å². The van der Waals surface area contributed by atoms with E-state index < -0.39 is 0 Å². The molecule has 0 saturated heterocycles. The molecule has 1 aromatic rings. The molecule has 0 heterocycles. The second kappa shape index (κ2) is 2.60. The SMILES string of the molecule is Cc1ccc(C2(C#N)CC2)cc1C. The molecule has 0 N–H and O–H groups in total. The van der Waals surface area contributed by atoms with Crippen LogP contribution < -0.4 is 0 Å². The molecule has 0 amide bonds. The van der Waals surface area contributed by atoms with Gasteiger partial charge in [-0.05, 0) is 43.4 Å². The predicted molar refractivity (Wildman–Crippen MR) is 52.4 cm³/mol. The summed E-state index contributed by atoms with van der Waals surface area (Å²) in [6, 6.07) is 8.78. The molecule has 1 aromatic carbocycles. The van der Waals surface area contributed by atoms with Gasteiger partial charge in [0.15, 0.2) is 0 Å². The Hall–Kier alpha value is -1.29. The van der Waals surface area contributed by atoms with Gasteiger partial charge in [0.05, 0.1) is 11.5 Å². The highest BCUT2D eigenvalue weighted by Gasteiger charge is 2.44. The second-order valence-corrected chi connectivity index (χ2v) is 3.99. The van der Waals surface area contributed by atoms with Crippen LogP contribution in [0, 0.1) is 25.2 Å². The summed E-state index contributed by atoms with van der Waals surface area (Å²) >= 11 is 0. The molecule has 0 spiro atoms. The van der Waals surface area contributed by atoms with Crippen LogP contribution in [-0.4, -0.2) is 0 Å². The monoisotopic (exact) mass is 171 g/mol. The first-order valence-electron chi connectivity index (χ1n) is 4.67. The summed E-state index contributed by atoms with van der Waals surface area (Å²) in [4.78, 5) is 0. The Morgan fingerprint density at radius 2 is 1.92 bits per heavy atom. The lowest BCUT2D eigenvalue weighted by Crippen LogP contribution is -2.02. The second-order valence-electron chi connectivity index (χ2n) is 3.99. The van der Waals surface area contributed by atoms with Gasteiger partial charge in [-0.1, -0.05) is 18.2 Å². The highest BCUT2D eigenvalue weighted by molar-refractivity contribution is 5.42. The van der Waals surface area contributed by atoms with E-state index in [1.807, 2.05) is 0 Å². The van der Waals surface area contributed by atoms with Crippen LogP contribution in [0.4, 0.5) is 0 Å². The van der Waals surface area contributed by atoms with Crippen molar-refractivity contribution in [3.05, 3.63) is 34.9 Å². The number of benzene rings is 1. The molecule has 1 saturated carbocycles. The molecule has 0 unspecified atom stereocenters. The van der Waals surface area contributed by atoms with Crippen LogP contribution >= 0.6 is 0 Å². The maximum absolute atomic E-state index is 9.02. The van der Waals surface area contributed by atoms with Crippen LogP contribution in [0.1, 0.15) is 29.5 Å². The number of nitriles is 1. The Balaban J connectivity index is 2.44. The van der Waals surface area contributed by atoms with Crippen molar-refractivity contribution in [1.29, 1.82) is 5.26 Å². The van der Waals surface area contributed by atoms with E-state index >= 15 is 0 Å². The minimum Gasteiger partial charge on any atom is -0.197 e. The summed E-state index contributed by atoms with van der Waals surface area (Å²) in [5, 5.41) is 9.02. The van der Waals surface area contributed by atoms with Crippen LogP contribution in [-0.2, 0) is 5.41 Å². The first-order valence-corrected chi connectivity index (χ1v) is 4.67. The molecule has 0 atom stereocenters. The third kappa shape index (κ3) is 1.23. The zero-order valence-electron chi connectivity index (χ0n) is 8.09. The Morgan fingerprint density at radius 1 is 1.23 bits per heavy atom. The van der Waals surface area contributed by atoms with Gasteiger partial charge in [0.25, 0.3) is 0 Å². The quantitative estimate of drug-likeness (QED) is 0.637. The molecular weight excluding hydrogens is 158 g/mol. The summed E-state index contributed by atoms with van der Waals surface area (Å²) in [5.41, 5.74) is 3.67. The average molecular weight is 171 g/mol. The standard InChI is InChI=1S/C12H13N/c1-9-3-4-11(7-10(9)2)12(8-13)5-6-12/h3-4,7H,5-6H2,1-2H3. The number of aryl methyl sites for hydroxylation is 2. The average Bonchev–Trinajstić information content (AvgIpc) is 2.90. The Bertz CT molecular complexity index is 381. The molecule has 1 fully saturated rings. The fourth-order valence-corrected chi connectivity index (χ4v) is 1.63. The minimum absolute atomic E-state index is 0.127. The van der Waals surface area contributed by atoms with E-state index in [1.54, 1.807) is 0 Å². The molecule has 1 aliphatic carbocycles. The fourth-order valence-electron chi connectivity index (χ4n) is 1.63. The third-order valence-corrected chi connectivity index (χ3v) is 3.02. The van der Waals surface area contributed by atoms with E-state index in [1.165, 1.54) is 16.7 Å². The van der Waals surface area contributed by atoms with E-state index in [4.69, 9.17) is 5.26 Å². The smallest absolute Gasteiger partial charge is 0.0823 e. The molecule has 66 valence electrons. The lowest BCUT2D eigenvalue weighted by molar-refractivity contribution is 0.904. The number of rotatable bonds is 1. The van der Waals surface area contributed by atoms with Crippen molar-refractivity contribution >= 4 is 0 Å². The van der Waals surface area contributed by atoms with Gasteiger partial charge in [0.1, 0.15) is 0 Å². The van der Waals surface area contributed by atoms with Crippen LogP contribution in [0.15, 0.2) is 18.2 Å². The normalized spacial score (nSPS) is 17.9. The molecule has 0 aromatic heterocycles. The van der Waals surface area contributed by atoms with E-state index in [-0.39, 0.29) is 5.41 Å². The van der Waals surface area contributed by atoms with Crippen molar-refractivity contribution < 1.29 is 0 Å². The van der Waals surface area contributed by atoms with Gasteiger partial charge < -0.3 is 0 Å². The van der Waals surface area contributed by atoms with Gasteiger partial charge in [0.2, 0.25) is 0 Å². The van der Waals surface area contributed by atoms with Gasteiger partial charge in [-0.25, -0.2) is 0 Å². The molecule has 1 heteroatoms. The minimum atomic E-state index is -0.127. The summed E-state index contributed by atoms with van der Waals surface area (Å²) in [5.74, 6) is 0. The van der Waals surface area contributed by atoms with E-state index in [2.05, 4.69) is 38.1 Å². The Labute approximate surface area is 79.0 Å². The summed E-state index contributed by atoms with van der Waals surface area (Å²) < 4.78 is 0. The van der Waals surface area contributed by atoms with Gasteiger partial charge in [-0.3, -0.25) is 0 Å². The Kier molecular flexibility index (Phi) is 1.66. The molecule has 1 nitrogen and oxygen atoms in total. The number of hydrogen-bond donors (Lipinski definition) is 0. The predicted octanol–water partition coefficient (Wildman–Crippen LogP) is 2.86. The summed E-state index contributed by atoms with van der Waals surface area (Å²) in [6.07, 6.45) is 2.07. The van der Waals surface area contributed by atoms with Gasteiger partial charge >= 0.3 is 0 Å². The highest BCUT2D eigenvalue weighted by atomic mass is 14.5. The zero-order chi connectivity index (χ0) is 9.47. The maximum atomic E-state index is 9.02. The van der Waals surface area contributed by atoms with Gasteiger partial charge in [0, 0.05) is 0 Å². The molecule has 0 radical (unpaired) electrons. The molecule has 1 aliphatic rings. The van der Waals surface area contributed by atoms with Crippen LogP contribution in [0.3, 0.4) is 0 Å². The van der Waals surface area contributed by atoms with E-state index in [0.717, 1.165) is 12.8 Å². The highest BCUT2D eigenvalue weighted by Crippen LogP contribution is 2.47. The lowest BCUT2D eigenvalue weighted by Gasteiger charge is -2.08. The summed E-state index contributed by atoms with van der Waals surface area (Å²) in [7, 11) is 0. The molecule has 0 bridgehead atoms. The summed E-state index contributed by atoms with van der Waals surface area (Å²) in [6.45, 7) is 4.21. The number of hydrogen-bond acceptors (Lipinski definition) is 1. The van der Waals surface area contributed by atoms with E-state index in [9.17, 15) is 0 Å². The first-order chi connectivity index (χ1) is 6.18. The van der Waals surface area contributed by atoms with Crippen molar-refractivity contribution in [3.63, 3.8) is 0 Å². The van der Waals surface area contributed by atoms with Crippen molar-refractivity contribution in [3.8, 4) is 6.07 Å². The first kappa shape index (κ1) is 8.31. The van der Waals surface area contributed by atoms with Gasteiger partial charge in [-0.2, -0.15) is 5.26 Å². The van der Waals surface area contributed by atoms with Crippen molar-refractivity contribution in [2.24, 2.45) is 0 Å². The molecule has 2 rings (SSSR count).